The molecule has 0 aliphatic heterocycles. The van der Waals surface area contributed by atoms with E-state index in [1.54, 1.807) is 36.4 Å². The Hall–Kier alpha value is -3.52. The zero-order valence-corrected chi connectivity index (χ0v) is 15.9. The Bertz CT molecular complexity index is 1270. The van der Waals surface area contributed by atoms with E-state index in [-0.39, 0.29) is 25.0 Å². The number of carbonyl (C=O) groups is 1. The van der Waals surface area contributed by atoms with E-state index in [1.807, 2.05) is 0 Å². The number of nitrogens with one attached hydrogen (secondary N) is 1. The fraction of sp³-hybridized carbons (Fsp3) is 0.150. The van der Waals surface area contributed by atoms with Crippen molar-refractivity contribution in [1.82, 2.24) is 14.5 Å². The van der Waals surface area contributed by atoms with E-state index in [0.717, 1.165) is 4.57 Å². The van der Waals surface area contributed by atoms with E-state index in [2.05, 4.69) is 5.32 Å². The number of halogens is 1. The molecule has 0 fully saturated rings. The number of aromatic nitrogens is 2. The van der Waals surface area contributed by atoms with Gasteiger partial charge in [0, 0.05) is 5.02 Å². The summed E-state index contributed by atoms with van der Waals surface area (Å²) in [5.74, 6) is 0.632. The predicted octanol–water partition coefficient (Wildman–Crippen LogP) is 2.37. The van der Waals surface area contributed by atoms with E-state index >= 15 is 0 Å². The van der Waals surface area contributed by atoms with Crippen molar-refractivity contribution in [2.45, 2.75) is 19.6 Å². The third-order valence-electron chi connectivity index (χ3n) is 4.42. The summed E-state index contributed by atoms with van der Waals surface area (Å²) in [6.07, 6.45) is 2.96. The number of amides is 1. The zero-order valence-electron chi connectivity index (χ0n) is 15.1. The summed E-state index contributed by atoms with van der Waals surface area (Å²) in [4.78, 5) is 38.4. The molecule has 1 aromatic carbocycles. The lowest BCUT2D eigenvalue weighted by molar-refractivity contribution is -0.121. The van der Waals surface area contributed by atoms with Crippen LogP contribution in [0.25, 0.3) is 10.9 Å². The summed E-state index contributed by atoms with van der Waals surface area (Å²) in [5.41, 5.74) is -0.793. The molecule has 0 unspecified atom stereocenters. The summed E-state index contributed by atoms with van der Waals surface area (Å²) in [7, 11) is 0. The largest absolute Gasteiger partial charge is 0.467 e. The van der Waals surface area contributed by atoms with Gasteiger partial charge in [0.1, 0.15) is 18.1 Å². The van der Waals surface area contributed by atoms with Gasteiger partial charge in [0.25, 0.3) is 5.56 Å². The number of nitrogens with zero attached hydrogens (tertiary/aromatic N) is 2. The van der Waals surface area contributed by atoms with Crippen LogP contribution in [0, 0.1) is 0 Å². The highest BCUT2D eigenvalue weighted by Crippen LogP contribution is 2.16. The van der Waals surface area contributed by atoms with Gasteiger partial charge < -0.3 is 14.2 Å². The van der Waals surface area contributed by atoms with Gasteiger partial charge in [-0.3, -0.25) is 18.7 Å². The smallest absolute Gasteiger partial charge is 0.332 e. The highest BCUT2D eigenvalue weighted by atomic mass is 35.5. The van der Waals surface area contributed by atoms with Gasteiger partial charge in [-0.2, -0.15) is 0 Å². The first kappa shape index (κ1) is 18.8. The quantitative estimate of drug-likeness (QED) is 0.523. The van der Waals surface area contributed by atoms with Gasteiger partial charge in [0.15, 0.2) is 0 Å². The Morgan fingerprint density at radius 3 is 2.41 bits per heavy atom. The van der Waals surface area contributed by atoms with Crippen LogP contribution in [-0.4, -0.2) is 15.0 Å². The van der Waals surface area contributed by atoms with Gasteiger partial charge in [-0.05, 0) is 42.5 Å². The second-order valence-corrected chi connectivity index (χ2v) is 6.79. The molecule has 3 heterocycles. The topological polar surface area (TPSA) is 99.4 Å². The minimum atomic E-state index is -0.616. The molecule has 29 heavy (non-hydrogen) atoms. The van der Waals surface area contributed by atoms with Crippen LogP contribution in [0.15, 0.2) is 73.4 Å². The fourth-order valence-corrected chi connectivity index (χ4v) is 3.22. The lowest BCUT2D eigenvalue weighted by atomic mass is 10.2. The average molecular weight is 414 g/mol. The first-order valence-electron chi connectivity index (χ1n) is 8.77. The molecule has 0 saturated heterocycles. The highest BCUT2D eigenvalue weighted by molar-refractivity contribution is 6.31. The molecule has 148 valence electrons. The van der Waals surface area contributed by atoms with Crippen molar-refractivity contribution in [3.8, 4) is 0 Å². The number of furan rings is 2. The van der Waals surface area contributed by atoms with Crippen molar-refractivity contribution in [3.05, 3.63) is 92.4 Å². The molecule has 0 aliphatic rings. The number of carbonyl (C=O) groups excluding carboxylic acids is 1. The average Bonchev–Trinajstić information content (AvgIpc) is 3.41. The second-order valence-electron chi connectivity index (χ2n) is 6.36. The van der Waals surface area contributed by atoms with Gasteiger partial charge in [-0.25, -0.2) is 4.79 Å². The molecule has 0 atom stereocenters. The SMILES string of the molecule is O=C(Cn1c(=O)n(Cc2ccco2)c(=O)c2cc(Cl)ccc21)NCc1ccco1. The molecule has 0 aliphatic carbocycles. The maximum Gasteiger partial charge on any atom is 0.332 e. The first-order valence-corrected chi connectivity index (χ1v) is 9.15. The van der Waals surface area contributed by atoms with Gasteiger partial charge in [0.05, 0.1) is 36.5 Å². The molecule has 0 saturated carbocycles. The number of rotatable bonds is 6. The van der Waals surface area contributed by atoms with Crippen LogP contribution in [0.2, 0.25) is 5.02 Å². The summed E-state index contributed by atoms with van der Waals surface area (Å²) >= 11 is 6.05. The van der Waals surface area contributed by atoms with Crippen molar-refractivity contribution in [1.29, 1.82) is 0 Å². The summed E-state index contributed by atoms with van der Waals surface area (Å²) < 4.78 is 12.7. The van der Waals surface area contributed by atoms with Crippen molar-refractivity contribution >= 4 is 28.4 Å². The van der Waals surface area contributed by atoms with Gasteiger partial charge >= 0.3 is 5.69 Å². The Labute approximate surface area is 168 Å². The lowest BCUT2D eigenvalue weighted by Gasteiger charge is -2.13. The van der Waals surface area contributed by atoms with Crippen molar-refractivity contribution in [2.75, 3.05) is 0 Å². The summed E-state index contributed by atoms with van der Waals surface area (Å²) in [5, 5.41) is 3.28. The van der Waals surface area contributed by atoms with Crippen LogP contribution >= 0.6 is 11.6 Å². The van der Waals surface area contributed by atoms with Crippen LogP contribution in [0.5, 0.6) is 0 Å². The second kappa shape index (κ2) is 7.84. The van der Waals surface area contributed by atoms with Crippen LogP contribution in [0.4, 0.5) is 0 Å². The van der Waals surface area contributed by atoms with Crippen LogP contribution in [0.1, 0.15) is 11.5 Å². The number of hydrogen-bond donors (Lipinski definition) is 1. The van der Waals surface area contributed by atoms with Crippen LogP contribution in [0.3, 0.4) is 0 Å². The minimum Gasteiger partial charge on any atom is -0.467 e. The monoisotopic (exact) mass is 413 g/mol. The van der Waals surface area contributed by atoms with E-state index < -0.39 is 17.2 Å². The maximum atomic E-state index is 13.0. The predicted molar refractivity (Wildman–Crippen MR) is 106 cm³/mol. The lowest BCUT2D eigenvalue weighted by Crippen LogP contribution is -2.42. The number of hydrogen-bond acceptors (Lipinski definition) is 5. The summed E-state index contributed by atoms with van der Waals surface area (Å²) in [6, 6.07) is 11.4. The Morgan fingerprint density at radius 1 is 1.00 bits per heavy atom. The molecule has 8 nitrogen and oxygen atoms in total. The zero-order chi connectivity index (χ0) is 20.4. The molecule has 0 spiro atoms. The maximum absolute atomic E-state index is 13.0. The normalized spacial score (nSPS) is 11.1. The molecule has 3 aromatic heterocycles. The molecule has 1 N–H and O–H groups in total. The highest BCUT2D eigenvalue weighted by Gasteiger charge is 2.17. The molecular weight excluding hydrogens is 398 g/mol. The third kappa shape index (κ3) is 3.88. The molecule has 4 aromatic rings. The first-order chi connectivity index (χ1) is 14.0. The third-order valence-corrected chi connectivity index (χ3v) is 4.66. The van der Waals surface area contributed by atoms with E-state index in [9.17, 15) is 14.4 Å². The van der Waals surface area contributed by atoms with Gasteiger partial charge in [-0.1, -0.05) is 11.6 Å². The number of benzene rings is 1. The van der Waals surface area contributed by atoms with Crippen molar-refractivity contribution in [2.24, 2.45) is 0 Å². The Morgan fingerprint density at radius 2 is 1.72 bits per heavy atom. The molecule has 0 bridgehead atoms. The van der Waals surface area contributed by atoms with Crippen LogP contribution in [-0.2, 0) is 24.4 Å². The molecular formula is C20H16ClN3O5. The molecule has 9 heteroatoms. The molecule has 4 rings (SSSR count). The standard InChI is InChI=1S/C20H16ClN3O5/c21-13-5-6-17-16(9-13)19(26)24(11-15-4-2-8-29-15)20(27)23(17)12-18(25)22-10-14-3-1-7-28-14/h1-9H,10-12H2,(H,22,25). The van der Waals surface area contributed by atoms with E-state index in [1.165, 1.54) is 23.2 Å². The van der Waals surface area contributed by atoms with E-state index in [0.29, 0.717) is 22.1 Å². The van der Waals surface area contributed by atoms with Gasteiger partial charge in [-0.15, -0.1) is 0 Å². The minimum absolute atomic E-state index is 0.0544. The Balaban J connectivity index is 1.74. The fourth-order valence-electron chi connectivity index (χ4n) is 3.04. The van der Waals surface area contributed by atoms with E-state index in [4.69, 9.17) is 20.4 Å². The van der Waals surface area contributed by atoms with Crippen molar-refractivity contribution < 1.29 is 13.6 Å². The van der Waals surface area contributed by atoms with Crippen molar-refractivity contribution in [3.63, 3.8) is 0 Å². The summed E-state index contributed by atoms with van der Waals surface area (Å²) in [6.45, 7) is -0.131. The Kier molecular flexibility index (Phi) is 5.09. The van der Waals surface area contributed by atoms with Crippen LogP contribution < -0.4 is 16.6 Å². The number of fused-ring (bicyclic) bond motifs is 1. The molecule has 0 radical (unpaired) electrons. The molecule has 1 amide bonds. The van der Waals surface area contributed by atoms with Gasteiger partial charge in [0.2, 0.25) is 5.91 Å².